The topological polar surface area (TPSA) is 88.4 Å². The van der Waals surface area contributed by atoms with E-state index in [4.69, 9.17) is 0 Å². The Kier molecular flexibility index (Phi) is 3.98. The van der Waals surface area contributed by atoms with Crippen LogP contribution < -0.4 is 10.2 Å². The summed E-state index contributed by atoms with van der Waals surface area (Å²) < 4.78 is 0.523. The number of nitro groups is 1. The molecule has 0 spiro atoms. The number of nitrogens with zero attached hydrogens (tertiary/aromatic N) is 3. The Morgan fingerprint density at radius 3 is 3.00 bits per heavy atom. The molecular formula is C11H13BrN4O3. The SMILES string of the molecule is CC[C@H]1C(=O)NCCN1c1ncc([N+](=O)[O-])cc1Br. The molecule has 19 heavy (non-hydrogen) atoms. The summed E-state index contributed by atoms with van der Waals surface area (Å²) in [6.45, 7) is 3.09. The van der Waals surface area contributed by atoms with Gasteiger partial charge in [0.1, 0.15) is 18.1 Å². The molecular weight excluding hydrogens is 316 g/mol. The highest BCUT2D eigenvalue weighted by Gasteiger charge is 2.30. The molecule has 1 aromatic heterocycles. The molecule has 1 aliphatic heterocycles. The quantitative estimate of drug-likeness (QED) is 0.670. The van der Waals surface area contributed by atoms with E-state index in [1.165, 1.54) is 12.3 Å². The molecule has 0 radical (unpaired) electrons. The lowest BCUT2D eigenvalue weighted by molar-refractivity contribution is -0.385. The van der Waals surface area contributed by atoms with Crippen LogP contribution in [-0.2, 0) is 4.79 Å². The van der Waals surface area contributed by atoms with Crippen molar-refractivity contribution in [3.05, 3.63) is 26.9 Å². The highest BCUT2D eigenvalue weighted by atomic mass is 79.9. The molecule has 2 rings (SSSR count). The molecule has 0 bridgehead atoms. The number of carbonyl (C=O) groups excluding carboxylic acids is 1. The largest absolute Gasteiger partial charge is 0.353 e. The number of piperazine rings is 1. The van der Waals surface area contributed by atoms with Crippen molar-refractivity contribution in [1.29, 1.82) is 0 Å². The van der Waals surface area contributed by atoms with E-state index in [-0.39, 0.29) is 17.6 Å². The zero-order valence-corrected chi connectivity index (χ0v) is 11.9. The minimum atomic E-state index is -0.498. The van der Waals surface area contributed by atoms with Crippen LogP contribution in [0.5, 0.6) is 0 Å². The molecule has 0 unspecified atom stereocenters. The number of hydrogen-bond donors (Lipinski definition) is 1. The van der Waals surface area contributed by atoms with E-state index in [0.717, 1.165) is 0 Å². The van der Waals surface area contributed by atoms with Crippen molar-refractivity contribution in [1.82, 2.24) is 10.3 Å². The fourth-order valence-electron chi connectivity index (χ4n) is 2.11. The first-order chi connectivity index (χ1) is 9.04. The third kappa shape index (κ3) is 2.67. The zero-order valence-electron chi connectivity index (χ0n) is 10.3. The lowest BCUT2D eigenvalue weighted by atomic mass is 10.1. The number of halogens is 1. The summed E-state index contributed by atoms with van der Waals surface area (Å²) in [5, 5.41) is 13.5. The molecule has 0 saturated carbocycles. The van der Waals surface area contributed by atoms with Crippen molar-refractivity contribution in [3.8, 4) is 0 Å². The first kappa shape index (κ1) is 13.7. The van der Waals surface area contributed by atoms with Crippen LogP contribution in [0.15, 0.2) is 16.7 Å². The van der Waals surface area contributed by atoms with Crippen LogP contribution in [0.25, 0.3) is 0 Å². The molecule has 1 aromatic rings. The first-order valence-electron chi connectivity index (χ1n) is 5.89. The fourth-order valence-corrected chi connectivity index (χ4v) is 2.67. The van der Waals surface area contributed by atoms with E-state index < -0.39 is 4.92 Å². The second-order valence-electron chi connectivity index (χ2n) is 4.16. The highest BCUT2D eigenvalue weighted by molar-refractivity contribution is 9.10. The molecule has 1 atom stereocenters. The molecule has 1 amide bonds. The number of rotatable bonds is 3. The van der Waals surface area contributed by atoms with Gasteiger partial charge in [-0.15, -0.1) is 0 Å². The lowest BCUT2D eigenvalue weighted by Gasteiger charge is -2.35. The molecule has 1 saturated heterocycles. The Bertz CT molecular complexity index is 523. The maximum Gasteiger partial charge on any atom is 0.288 e. The number of carbonyl (C=O) groups is 1. The van der Waals surface area contributed by atoms with Crippen LogP contribution in [0.1, 0.15) is 13.3 Å². The van der Waals surface area contributed by atoms with Gasteiger partial charge in [-0.1, -0.05) is 6.92 Å². The van der Waals surface area contributed by atoms with Crippen LogP contribution in [-0.4, -0.2) is 34.9 Å². The van der Waals surface area contributed by atoms with Gasteiger partial charge in [0, 0.05) is 19.2 Å². The Morgan fingerprint density at radius 1 is 1.68 bits per heavy atom. The summed E-state index contributed by atoms with van der Waals surface area (Å²) in [6.07, 6.45) is 1.86. The minimum Gasteiger partial charge on any atom is -0.353 e. The molecule has 2 heterocycles. The highest BCUT2D eigenvalue weighted by Crippen LogP contribution is 2.29. The van der Waals surface area contributed by atoms with Gasteiger partial charge in [0.2, 0.25) is 5.91 Å². The molecule has 8 heteroatoms. The molecule has 102 valence electrons. The van der Waals surface area contributed by atoms with Crippen LogP contribution in [0.2, 0.25) is 0 Å². The molecule has 1 fully saturated rings. The van der Waals surface area contributed by atoms with Crippen molar-refractivity contribution < 1.29 is 9.72 Å². The molecule has 7 nitrogen and oxygen atoms in total. The fraction of sp³-hybridized carbons (Fsp3) is 0.455. The average molecular weight is 329 g/mol. The van der Waals surface area contributed by atoms with E-state index in [1.54, 1.807) is 0 Å². The molecule has 0 aromatic carbocycles. The first-order valence-corrected chi connectivity index (χ1v) is 6.68. The number of nitrogens with one attached hydrogen (secondary N) is 1. The summed E-state index contributed by atoms with van der Waals surface area (Å²) in [5.74, 6) is 0.521. The number of hydrogen-bond acceptors (Lipinski definition) is 5. The summed E-state index contributed by atoms with van der Waals surface area (Å²) >= 11 is 3.29. The maximum absolute atomic E-state index is 11.8. The van der Waals surface area contributed by atoms with Gasteiger partial charge in [-0.3, -0.25) is 14.9 Å². The second-order valence-corrected chi connectivity index (χ2v) is 5.02. The van der Waals surface area contributed by atoms with Crippen molar-refractivity contribution in [2.24, 2.45) is 0 Å². The minimum absolute atomic E-state index is 0.0409. The van der Waals surface area contributed by atoms with Crippen LogP contribution in [0, 0.1) is 10.1 Å². The van der Waals surface area contributed by atoms with Gasteiger partial charge in [0.15, 0.2) is 0 Å². The standard InChI is InChI=1S/C11H13BrN4O3/c1-2-9-11(17)13-3-4-15(9)10-8(12)5-7(6-14-10)16(18)19/h5-6,9H,2-4H2,1H3,(H,13,17)/t9-/m0/s1. The van der Waals surface area contributed by atoms with Crippen LogP contribution in [0.3, 0.4) is 0 Å². The molecule has 1 N–H and O–H groups in total. The second kappa shape index (κ2) is 5.52. The van der Waals surface area contributed by atoms with Crippen molar-refractivity contribution in [3.63, 3.8) is 0 Å². The smallest absolute Gasteiger partial charge is 0.288 e. The molecule has 0 aliphatic carbocycles. The van der Waals surface area contributed by atoms with Gasteiger partial charge in [-0.25, -0.2) is 4.98 Å². The predicted molar refractivity (Wildman–Crippen MR) is 73.0 cm³/mol. The van der Waals surface area contributed by atoms with Gasteiger partial charge >= 0.3 is 0 Å². The van der Waals surface area contributed by atoms with E-state index >= 15 is 0 Å². The summed E-state index contributed by atoms with van der Waals surface area (Å²) in [5.41, 5.74) is -0.0786. The number of amides is 1. The van der Waals surface area contributed by atoms with Gasteiger partial charge in [0.25, 0.3) is 5.69 Å². The summed E-state index contributed by atoms with van der Waals surface area (Å²) in [6, 6.07) is 1.11. The van der Waals surface area contributed by atoms with E-state index in [1.807, 2.05) is 11.8 Å². The lowest BCUT2D eigenvalue weighted by Crippen LogP contribution is -2.55. The van der Waals surface area contributed by atoms with Crippen molar-refractivity contribution in [2.75, 3.05) is 18.0 Å². The predicted octanol–water partition coefficient (Wildman–Crippen LogP) is 1.47. The molecule has 1 aliphatic rings. The third-order valence-electron chi connectivity index (χ3n) is 3.01. The van der Waals surface area contributed by atoms with Gasteiger partial charge in [-0.05, 0) is 22.4 Å². The van der Waals surface area contributed by atoms with Crippen molar-refractivity contribution in [2.45, 2.75) is 19.4 Å². The zero-order chi connectivity index (χ0) is 14.0. The van der Waals surface area contributed by atoms with Crippen molar-refractivity contribution >= 4 is 33.3 Å². The normalized spacial score (nSPS) is 19.2. The van der Waals surface area contributed by atoms with Gasteiger partial charge in [0.05, 0.1) is 9.40 Å². The van der Waals surface area contributed by atoms with E-state index in [9.17, 15) is 14.9 Å². The maximum atomic E-state index is 11.8. The van der Waals surface area contributed by atoms with Crippen LogP contribution in [0.4, 0.5) is 11.5 Å². The van der Waals surface area contributed by atoms with E-state index in [2.05, 4.69) is 26.2 Å². The number of anilines is 1. The monoisotopic (exact) mass is 328 g/mol. The van der Waals surface area contributed by atoms with E-state index in [0.29, 0.717) is 29.8 Å². The Balaban J connectivity index is 2.35. The Labute approximate surface area is 118 Å². The third-order valence-corrected chi connectivity index (χ3v) is 3.59. The average Bonchev–Trinajstić information content (AvgIpc) is 2.38. The number of pyridine rings is 1. The summed E-state index contributed by atoms with van der Waals surface area (Å²) in [4.78, 5) is 28.0. The Hall–Kier alpha value is -1.70. The number of aromatic nitrogens is 1. The summed E-state index contributed by atoms with van der Waals surface area (Å²) in [7, 11) is 0. The Morgan fingerprint density at radius 2 is 2.42 bits per heavy atom. The van der Waals surface area contributed by atoms with Gasteiger partial charge in [-0.2, -0.15) is 0 Å². The van der Waals surface area contributed by atoms with Gasteiger partial charge < -0.3 is 10.2 Å². The van der Waals surface area contributed by atoms with Crippen LogP contribution >= 0.6 is 15.9 Å².